The third-order valence-electron chi connectivity index (χ3n) is 2.03. The van der Waals surface area contributed by atoms with Gasteiger partial charge in [0.1, 0.15) is 0 Å². The average molecular weight is 298 g/mol. The highest BCUT2D eigenvalue weighted by atomic mass is 35.5. The summed E-state index contributed by atoms with van der Waals surface area (Å²) in [5, 5.41) is 4.21. The predicted octanol–water partition coefficient (Wildman–Crippen LogP) is -0.226. The van der Waals surface area contributed by atoms with E-state index in [4.69, 9.17) is 30.1 Å². The number of carbonyl (C=O) groups excluding carboxylic acids is 2. The van der Waals surface area contributed by atoms with E-state index in [-0.39, 0.29) is 40.8 Å². The highest BCUT2D eigenvalue weighted by Gasteiger charge is 2.16. The molecule has 0 aliphatic heterocycles. The summed E-state index contributed by atoms with van der Waals surface area (Å²) >= 11 is 5.72. The molecule has 0 spiro atoms. The first-order valence-electron chi connectivity index (χ1n) is 5.37. The van der Waals surface area contributed by atoms with Crippen LogP contribution >= 0.6 is 11.6 Å². The molecule has 0 aromatic carbocycles. The molecule has 2 amide bonds. The predicted molar refractivity (Wildman–Crippen MR) is 73.8 cm³/mol. The molecule has 0 unspecified atom stereocenters. The molecule has 20 heavy (non-hydrogen) atoms. The lowest BCUT2D eigenvalue weighted by Crippen LogP contribution is -2.37. The minimum atomic E-state index is -0.894. The van der Waals surface area contributed by atoms with Crippen LogP contribution in [0.25, 0.3) is 0 Å². The molecule has 106 valence electrons. The zero-order chi connectivity index (χ0) is 15.3. The zero-order valence-corrected chi connectivity index (χ0v) is 11.2. The fraction of sp³-hybridized carbons (Fsp3) is 0.200. The number of aromatic nitrogens is 2. The van der Waals surface area contributed by atoms with Gasteiger partial charge in [-0.1, -0.05) is 18.5 Å². The van der Waals surface area contributed by atoms with Crippen molar-refractivity contribution in [2.45, 2.75) is 13.3 Å². The van der Waals surface area contributed by atoms with Crippen molar-refractivity contribution < 1.29 is 9.59 Å². The zero-order valence-electron chi connectivity index (χ0n) is 10.5. The smallest absolute Gasteiger partial charge is 0.302 e. The summed E-state index contributed by atoms with van der Waals surface area (Å²) in [4.78, 5) is 33.7. The molecule has 0 fully saturated rings. The largest absolute Gasteiger partial charge is 0.382 e. The molecule has 0 saturated carbocycles. The summed E-state index contributed by atoms with van der Waals surface area (Å²) in [6, 6.07) is 0. The first-order valence-corrected chi connectivity index (χ1v) is 5.74. The Hall–Kier alpha value is -2.42. The standard InChI is InChI=1S/C10H12ClN7O2/c1-3-4(19)15-10(13)18-9(20)5-7(12)17-8(14-2)6(11)16-5/h2H,3H2,1H3,(H3,12,14,17)(H3,13,15,18,19,20). The Morgan fingerprint density at radius 3 is 2.65 bits per heavy atom. The van der Waals surface area contributed by atoms with Gasteiger partial charge in [0.05, 0.1) is 7.05 Å². The molecule has 1 aromatic heterocycles. The number of aliphatic imine (C=N–C) groups is 1. The summed E-state index contributed by atoms with van der Waals surface area (Å²) in [5.41, 5.74) is 10.6. The van der Waals surface area contributed by atoms with Crippen LogP contribution in [0.1, 0.15) is 23.8 Å². The number of anilines is 2. The topological polar surface area (TPSA) is 148 Å². The Morgan fingerprint density at radius 2 is 2.10 bits per heavy atom. The van der Waals surface area contributed by atoms with Crippen LogP contribution in [0.2, 0.25) is 5.15 Å². The van der Waals surface area contributed by atoms with E-state index in [2.05, 4.69) is 25.6 Å². The maximum absolute atomic E-state index is 11.8. The number of nitrogens with zero attached hydrogens (tertiary/aromatic N) is 3. The van der Waals surface area contributed by atoms with E-state index < -0.39 is 5.91 Å². The Morgan fingerprint density at radius 1 is 1.45 bits per heavy atom. The van der Waals surface area contributed by atoms with Gasteiger partial charge in [-0.25, -0.2) is 9.97 Å². The minimum absolute atomic E-state index is 0.0111. The second-order valence-electron chi connectivity index (χ2n) is 3.45. The van der Waals surface area contributed by atoms with Crippen LogP contribution in [0.15, 0.2) is 4.99 Å². The molecule has 6 N–H and O–H groups in total. The quantitative estimate of drug-likeness (QED) is 0.342. The number of hydrogen-bond acceptors (Lipinski definition) is 6. The lowest BCUT2D eigenvalue weighted by Gasteiger charge is -2.06. The Bertz CT molecular complexity index is 573. The molecule has 9 nitrogen and oxygen atoms in total. The first kappa shape index (κ1) is 15.6. The number of guanidine groups is 1. The van der Waals surface area contributed by atoms with Crippen LogP contribution in [0.3, 0.4) is 0 Å². The van der Waals surface area contributed by atoms with Gasteiger partial charge < -0.3 is 16.8 Å². The number of nitrogens with one attached hydrogen (secondary N) is 2. The van der Waals surface area contributed by atoms with Gasteiger partial charge in [-0.2, -0.15) is 4.99 Å². The summed E-state index contributed by atoms with van der Waals surface area (Å²) < 4.78 is 0. The summed E-state index contributed by atoms with van der Waals surface area (Å²) in [7, 11) is 5.12. The van der Waals surface area contributed by atoms with Crippen molar-refractivity contribution in [3.63, 3.8) is 0 Å². The van der Waals surface area contributed by atoms with Crippen molar-refractivity contribution in [1.82, 2.24) is 15.3 Å². The SMILES string of the molecule is [CH]Nc1nc(N)c(C(=O)N=C(N)NC(=O)CC)nc1Cl. The molecule has 1 rings (SSSR count). The fourth-order valence-corrected chi connectivity index (χ4v) is 1.28. The average Bonchev–Trinajstić information content (AvgIpc) is 2.40. The van der Waals surface area contributed by atoms with Crippen LogP contribution in [0.4, 0.5) is 11.6 Å². The molecule has 0 saturated heterocycles. The number of rotatable bonds is 3. The van der Waals surface area contributed by atoms with E-state index in [9.17, 15) is 9.59 Å². The molecule has 0 bridgehead atoms. The van der Waals surface area contributed by atoms with Gasteiger partial charge in [-0.3, -0.25) is 14.9 Å². The lowest BCUT2D eigenvalue weighted by molar-refractivity contribution is -0.119. The normalized spacial score (nSPS) is 11.1. The molecule has 2 radical (unpaired) electrons. The number of hydrogen-bond donors (Lipinski definition) is 4. The molecular weight excluding hydrogens is 286 g/mol. The maximum atomic E-state index is 11.8. The van der Waals surface area contributed by atoms with E-state index in [1.165, 1.54) is 0 Å². The van der Waals surface area contributed by atoms with Crippen LogP contribution in [-0.4, -0.2) is 27.7 Å². The number of carbonyl (C=O) groups is 2. The fourth-order valence-electron chi connectivity index (χ4n) is 1.10. The highest BCUT2D eigenvalue weighted by Crippen LogP contribution is 2.20. The molecule has 0 aliphatic carbocycles. The number of nitrogens with two attached hydrogens (primary N) is 2. The van der Waals surface area contributed by atoms with Gasteiger partial charge in [0.25, 0.3) is 0 Å². The minimum Gasteiger partial charge on any atom is -0.382 e. The second kappa shape index (κ2) is 6.66. The van der Waals surface area contributed by atoms with Crippen molar-refractivity contribution in [3.05, 3.63) is 17.9 Å². The van der Waals surface area contributed by atoms with Crippen molar-refractivity contribution in [2.75, 3.05) is 11.1 Å². The van der Waals surface area contributed by atoms with E-state index in [0.717, 1.165) is 0 Å². The summed E-state index contributed by atoms with van der Waals surface area (Å²) in [5.74, 6) is -1.88. The number of halogens is 1. The molecular formula is C10H12ClN7O2. The molecule has 1 heterocycles. The summed E-state index contributed by atoms with van der Waals surface area (Å²) in [6.07, 6.45) is 0.190. The van der Waals surface area contributed by atoms with Gasteiger partial charge in [0.15, 0.2) is 22.5 Å². The van der Waals surface area contributed by atoms with E-state index in [1.54, 1.807) is 6.92 Å². The second-order valence-corrected chi connectivity index (χ2v) is 3.80. The van der Waals surface area contributed by atoms with Crippen LogP contribution in [-0.2, 0) is 4.79 Å². The molecule has 0 aliphatic rings. The van der Waals surface area contributed by atoms with E-state index >= 15 is 0 Å². The molecule has 10 heteroatoms. The van der Waals surface area contributed by atoms with E-state index in [0.29, 0.717) is 0 Å². The van der Waals surface area contributed by atoms with E-state index in [1.807, 2.05) is 0 Å². The monoisotopic (exact) mass is 297 g/mol. The van der Waals surface area contributed by atoms with Crippen LogP contribution in [0.5, 0.6) is 0 Å². The summed E-state index contributed by atoms with van der Waals surface area (Å²) in [6.45, 7) is 1.62. The van der Waals surface area contributed by atoms with Crippen LogP contribution in [0, 0.1) is 7.05 Å². The van der Waals surface area contributed by atoms with Gasteiger partial charge >= 0.3 is 5.91 Å². The third-order valence-corrected chi connectivity index (χ3v) is 2.29. The first-order chi connectivity index (χ1) is 9.38. The lowest BCUT2D eigenvalue weighted by atomic mass is 10.4. The van der Waals surface area contributed by atoms with Gasteiger partial charge in [0.2, 0.25) is 11.9 Å². The van der Waals surface area contributed by atoms with Crippen molar-refractivity contribution in [1.29, 1.82) is 0 Å². The van der Waals surface area contributed by atoms with Crippen LogP contribution < -0.4 is 22.1 Å². The van der Waals surface area contributed by atoms with Crippen molar-refractivity contribution in [2.24, 2.45) is 10.7 Å². The third kappa shape index (κ3) is 3.79. The maximum Gasteiger partial charge on any atom is 0.302 e. The van der Waals surface area contributed by atoms with Crippen molar-refractivity contribution >= 4 is 41.0 Å². The van der Waals surface area contributed by atoms with Gasteiger partial charge in [-0.05, 0) is 0 Å². The Balaban J connectivity index is 3.01. The Labute approximate surface area is 119 Å². The van der Waals surface area contributed by atoms with Gasteiger partial charge in [0, 0.05) is 6.42 Å². The van der Waals surface area contributed by atoms with Crippen molar-refractivity contribution in [3.8, 4) is 0 Å². The number of amides is 2. The number of nitrogen functional groups attached to an aromatic ring is 1. The molecule has 0 atom stereocenters. The van der Waals surface area contributed by atoms with Gasteiger partial charge in [-0.15, -0.1) is 0 Å². The molecule has 1 aromatic rings. The highest BCUT2D eigenvalue weighted by molar-refractivity contribution is 6.32. The Kier molecular flexibility index (Phi) is 5.21.